The average molecular weight is 184 g/mol. The lowest BCUT2D eigenvalue weighted by atomic mass is 10.3. The number of hydrogen-bond donors (Lipinski definition) is 0. The van der Waals surface area contributed by atoms with Crippen molar-refractivity contribution in [1.82, 2.24) is 4.90 Å². The van der Waals surface area contributed by atoms with E-state index in [9.17, 15) is 0 Å². The zero-order valence-electron chi connectivity index (χ0n) is 9.42. The molecule has 78 valence electrons. The van der Waals surface area contributed by atoms with Crippen molar-refractivity contribution in [2.24, 2.45) is 4.99 Å². The van der Waals surface area contributed by atoms with Crippen LogP contribution in [0.15, 0.2) is 4.99 Å². The van der Waals surface area contributed by atoms with Crippen LogP contribution in [0, 0.1) is 0 Å². The van der Waals surface area contributed by atoms with Crippen molar-refractivity contribution < 1.29 is 0 Å². The highest BCUT2D eigenvalue weighted by Gasteiger charge is 1.95. The Morgan fingerprint density at radius 1 is 1.00 bits per heavy atom. The van der Waals surface area contributed by atoms with Gasteiger partial charge in [0, 0.05) is 19.6 Å². The van der Waals surface area contributed by atoms with Crippen LogP contribution < -0.4 is 0 Å². The minimum absolute atomic E-state index is 0.965. The molecule has 0 spiro atoms. The van der Waals surface area contributed by atoms with Crippen LogP contribution in [0.2, 0.25) is 0 Å². The summed E-state index contributed by atoms with van der Waals surface area (Å²) in [5.41, 5.74) is 0. The second-order valence-corrected chi connectivity index (χ2v) is 3.41. The number of unbranched alkanes of at least 4 members (excludes halogenated alkanes) is 1. The van der Waals surface area contributed by atoms with E-state index >= 15 is 0 Å². The van der Waals surface area contributed by atoms with Gasteiger partial charge in [0.05, 0.1) is 6.34 Å². The van der Waals surface area contributed by atoms with Crippen LogP contribution in [0.3, 0.4) is 0 Å². The van der Waals surface area contributed by atoms with Crippen molar-refractivity contribution in [3.8, 4) is 0 Å². The molecular weight excluding hydrogens is 160 g/mol. The van der Waals surface area contributed by atoms with Crippen molar-refractivity contribution >= 4 is 6.34 Å². The van der Waals surface area contributed by atoms with Crippen LogP contribution in [0.25, 0.3) is 0 Å². The van der Waals surface area contributed by atoms with E-state index in [4.69, 9.17) is 0 Å². The Bertz CT molecular complexity index is 121. The van der Waals surface area contributed by atoms with Crippen LogP contribution in [-0.4, -0.2) is 30.9 Å². The molecule has 0 heterocycles. The van der Waals surface area contributed by atoms with Gasteiger partial charge in [-0.15, -0.1) is 0 Å². The summed E-state index contributed by atoms with van der Waals surface area (Å²) in [5.74, 6) is 0. The molecule has 0 aliphatic carbocycles. The van der Waals surface area contributed by atoms with E-state index in [2.05, 4.69) is 30.7 Å². The molecule has 2 heteroatoms. The summed E-state index contributed by atoms with van der Waals surface area (Å²) in [7, 11) is 0. The average Bonchev–Trinajstić information content (AvgIpc) is 2.14. The normalized spacial score (nSPS) is 11.0. The Balaban J connectivity index is 3.64. The smallest absolute Gasteiger partial charge is 0.0849 e. The molecule has 0 aliphatic heterocycles. The fourth-order valence-corrected chi connectivity index (χ4v) is 1.18. The zero-order chi connectivity index (χ0) is 9.94. The van der Waals surface area contributed by atoms with Crippen molar-refractivity contribution in [3.05, 3.63) is 0 Å². The topological polar surface area (TPSA) is 15.6 Å². The SMILES string of the molecule is CCCCN(C=NCCC)CCC. The minimum Gasteiger partial charge on any atom is -0.363 e. The first-order valence-electron chi connectivity index (χ1n) is 5.59. The van der Waals surface area contributed by atoms with Crippen molar-refractivity contribution in [3.63, 3.8) is 0 Å². The molecule has 0 aliphatic rings. The second-order valence-electron chi connectivity index (χ2n) is 3.41. The highest BCUT2D eigenvalue weighted by atomic mass is 15.1. The molecule has 0 fully saturated rings. The molecule has 0 saturated heterocycles. The Morgan fingerprint density at radius 3 is 2.31 bits per heavy atom. The molecule has 0 radical (unpaired) electrons. The van der Waals surface area contributed by atoms with E-state index in [0.717, 1.165) is 26.1 Å². The second kappa shape index (κ2) is 9.56. The molecule has 13 heavy (non-hydrogen) atoms. The number of nitrogens with zero attached hydrogens (tertiary/aromatic N) is 2. The van der Waals surface area contributed by atoms with Crippen molar-refractivity contribution in [2.75, 3.05) is 19.6 Å². The van der Waals surface area contributed by atoms with Gasteiger partial charge in [-0.1, -0.05) is 27.2 Å². The quantitative estimate of drug-likeness (QED) is 0.418. The summed E-state index contributed by atoms with van der Waals surface area (Å²) in [6.45, 7) is 9.88. The molecule has 0 saturated carbocycles. The largest absolute Gasteiger partial charge is 0.363 e. The molecule has 0 rings (SSSR count). The fraction of sp³-hybridized carbons (Fsp3) is 0.909. The summed E-state index contributed by atoms with van der Waals surface area (Å²) in [5, 5.41) is 0. The van der Waals surface area contributed by atoms with Crippen molar-refractivity contribution in [2.45, 2.75) is 46.5 Å². The zero-order valence-corrected chi connectivity index (χ0v) is 9.42. The first kappa shape index (κ1) is 12.5. The predicted octanol–water partition coefficient (Wildman–Crippen LogP) is 2.94. The molecule has 0 aromatic carbocycles. The van der Waals surface area contributed by atoms with Gasteiger partial charge in [-0.25, -0.2) is 0 Å². The van der Waals surface area contributed by atoms with Gasteiger partial charge >= 0.3 is 0 Å². The monoisotopic (exact) mass is 184 g/mol. The Kier molecular flexibility index (Phi) is 9.17. The van der Waals surface area contributed by atoms with Gasteiger partial charge in [0.15, 0.2) is 0 Å². The van der Waals surface area contributed by atoms with Crippen LogP contribution >= 0.6 is 0 Å². The van der Waals surface area contributed by atoms with E-state index in [1.165, 1.54) is 19.3 Å². The number of rotatable bonds is 8. The first-order chi connectivity index (χ1) is 6.35. The van der Waals surface area contributed by atoms with Gasteiger partial charge in [0.25, 0.3) is 0 Å². The summed E-state index contributed by atoms with van der Waals surface area (Å²) < 4.78 is 0. The summed E-state index contributed by atoms with van der Waals surface area (Å²) in [4.78, 5) is 6.70. The molecule has 2 nitrogen and oxygen atoms in total. The van der Waals surface area contributed by atoms with E-state index in [0.29, 0.717) is 0 Å². The van der Waals surface area contributed by atoms with E-state index in [1.807, 2.05) is 6.34 Å². The lowest BCUT2D eigenvalue weighted by Crippen LogP contribution is -2.24. The maximum atomic E-state index is 4.36. The summed E-state index contributed by atoms with van der Waals surface area (Å²) in [6.07, 6.45) is 6.93. The van der Waals surface area contributed by atoms with Gasteiger partial charge in [0.1, 0.15) is 0 Å². The van der Waals surface area contributed by atoms with Gasteiger partial charge < -0.3 is 4.90 Å². The van der Waals surface area contributed by atoms with E-state index < -0.39 is 0 Å². The molecule has 0 atom stereocenters. The highest BCUT2D eigenvalue weighted by Crippen LogP contribution is 1.94. The Hall–Kier alpha value is -0.530. The molecule has 0 unspecified atom stereocenters. The predicted molar refractivity (Wildman–Crippen MR) is 60.4 cm³/mol. The minimum atomic E-state index is 0.965. The van der Waals surface area contributed by atoms with Crippen LogP contribution in [0.4, 0.5) is 0 Å². The lowest BCUT2D eigenvalue weighted by molar-refractivity contribution is 0.417. The van der Waals surface area contributed by atoms with Crippen LogP contribution in [0.1, 0.15) is 46.5 Å². The third-order valence-electron chi connectivity index (χ3n) is 1.91. The Labute approximate surface area is 83.0 Å². The van der Waals surface area contributed by atoms with Crippen LogP contribution in [-0.2, 0) is 0 Å². The first-order valence-corrected chi connectivity index (χ1v) is 5.59. The van der Waals surface area contributed by atoms with Gasteiger partial charge in [0.2, 0.25) is 0 Å². The maximum Gasteiger partial charge on any atom is 0.0849 e. The summed E-state index contributed by atoms with van der Waals surface area (Å²) in [6, 6.07) is 0. The maximum absolute atomic E-state index is 4.36. The number of aliphatic imine (C=N–C) groups is 1. The fourth-order valence-electron chi connectivity index (χ4n) is 1.18. The molecular formula is C11H24N2. The number of hydrogen-bond acceptors (Lipinski definition) is 1. The van der Waals surface area contributed by atoms with E-state index in [1.54, 1.807) is 0 Å². The summed E-state index contributed by atoms with van der Waals surface area (Å²) >= 11 is 0. The third kappa shape index (κ3) is 7.82. The standard InChI is InChI=1S/C11H24N2/c1-4-7-10-13(9-6-3)11-12-8-5-2/h11H,4-10H2,1-3H3. The van der Waals surface area contributed by atoms with Crippen LogP contribution in [0.5, 0.6) is 0 Å². The molecule has 0 aromatic heterocycles. The molecule has 0 aromatic rings. The Morgan fingerprint density at radius 2 is 1.77 bits per heavy atom. The van der Waals surface area contributed by atoms with Gasteiger partial charge in [-0.3, -0.25) is 4.99 Å². The molecule has 0 amide bonds. The molecule has 0 N–H and O–H groups in total. The van der Waals surface area contributed by atoms with Gasteiger partial charge in [-0.2, -0.15) is 0 Å². The highest BCUT2D eigenvalue weighted by molar-refractivity contribution is 5.54. The molecule has 0 bridgehead atoms. The third-order valence-corrected chi connectivity index (χ3v) is 1.91. The van der Waals surface area contributed by atoms with Gasteiger partial charge in [-0.05, 0) is 19.3 Å². The van der Waals surface area contributed by atoms with E-state index in [-0.39, 0.29) is 0 Å². The van der Waals surface area contributed by atoms with Crippen molar-refractivity contribution in [1.29, 1.82) is 0 Å². The lowest BCUT2D eigenvalue weighted by Gasteiger charge is -2.17.